The topological polar surface area (TPSA) is 48.5 Å². The Morgan fingerprint density at radius 3 is 2.82 bits per heavy atom. The van der Waals surface area contributed by atoms with E-state index in [1.54, 1.807) is 12.4 Å². The first-order chi connectivity index (χ1) is 8.25. The number of hydrogen-bond donors (Lipinski definition) is 1. The maximum absolute atomic E-state index is 11.9. The molecule has 5 nitrogen and oxygen atoms in total. The van der Waals surface area contributed by atoms with Crippen molar-refractivity contribution in [2.24, 2.45) is 0 Å². The fourth-order valence-corrected chi connectivity index (χ4v) is 1.80. The summed E-state index contributed by atoms with van der Waals surface area (Å²) >= 11 is 0. The predicted octanol–water partition coefficient (Wildman–Crippen LogP) is 0.539. The van der Waals surface area contributed by atoms with Gasteiger partial charge in [-0.05, 0) is 18.7 Å². The Morgan fingerprint density at radius 2 is 2.18 bits per heavy atom. The molecule has 1 aliphatic rings. The van der Waals surface area contributed by atoms with Gasteiger partial charge in [0, 0.05) is 45.1 Å². The van der Waals surface area contributed by atoms with Gasteiger partial charge in [0.2, 0.25) is 0 Å². The lowest BCUT2D eigenvalue weighted by molar-refractivity contribution is 0.154. The van der Waals surface area contributed by atoms with Crippen molar-refractivity contribution in [3.63, 3.8) is 0 Å². The highest BCUT2D eigenvalue weighted by Gasteiger charge is 2.18. The summed E-state index contributed by atoms with van der Waals surface area (Å²) in [4.78, 5) is 20.0. The average molecular weight is 234 g/mol. The molecule has 0 aromatic carbocycles. The van der Waals surface area contributed by atoms with Crippen LogP contribution in [0, 0.1) is 0 Å². The molecule has 0 atom stereocenters. The molecule has 1 fully saturated rings. The Morgan fingerprint density at radius 1 is 1.41 bits per heavy atom. The molecule has 92 valence electrons. The van der Waals surface area contributed by atoms with E-state index in [1.165, 1.54) is 0 Å². The van der Waals surface area contributed by atoms with Gasteiger partial charge in [-0.2, -0.15) is 0 Å². The lowest BCUT2D eigenvalue weighted by Crippen LogP contribution is -2.50. The van der Waals surface area contributed by atoms with Crippen LogP contribution in [0.3, 0.4) is 0 Å². The van der Waals surface area contributed by atoms with E-state index in [0.29, 0.717) is 6.54 Å². The number of piperazine rings is 1. The van der Waals surface area contributed by atoms with Crippen LogP contribution < -0.4 is 5.32 Å². The minimum absolute atomic E-state index is 0.0157. The van der Waals surface area contributed by atoms with E-state index in [0.717, 1.165) is 31.7 Å². The summed E-state index contributed by atoms with van der Waals surface area (Å²) in [5.74, 6) is 0. The second kappa shape index (κ2) is 5.63. The van der Waals surface area contributed by atoms with Crippen LogP contribution in [-0.4, -0.2) is 54.0 Å². The Hall–Kier alpha value is -1.62. The molecule has 1 aromatic heterocycles. The first-order valence-electron chi connectivity index (χ1n) is 5.86. The van der Waals surface area contributed by atoms with Crippen LogP contribution >= 0.6 is 0 Å². The third kappa shape index (κ3) is 3.42. The molecule has 5 heteroatoms. The van der Waals surface area contributed by atoms with Crippen molar-refractivity contribution >= 4 is 6.03 Å². The van der Waals surface area contributed by atoms with Crippen LogP contribution in [0.1, 0.15) is 5.56 Å². The smallest absolute Gasteiger partial charge is 0.317 e. The molecule has 1 N–H and O–H groups in total. The number of urea groups is 1. The molecule has 0 aliphatic carbocycles. The van der Waals surface area contributed by atoms with Gasteiger partial charge in [0.15, 0.2) is 0 Å². The van der Waals surface area contributed by atoms with E-state index in [2.05, 4.69) is 22.2 Å². The zero-order valence-corrected chi connectivity index (χ0v) is 10.1. The fourth-order valence-electron chi connectivity index (χ4n) is 1.80. The molecule has 0 saturated carbocycles. The minimum atomic E-state index is 0.0157. The lowest BCUT2D eigenvalue weighted by atomic mass is 10.3. The number of likely N-dealkylation sites (N-methyl/N-ethyl adjacent to an activating group) is 1. The summed E-state index contributed by atoms with van der Waals surface area (Å²) in [7, 11) is 2.07. The zero-order valence-electron chi connectivity index (χ0n) is 10.1. The lowest BCUT2D eigenvalue weighted by Gasteiger charge is -2.32. The number of aromatic nitrogens is 1. The Balaban J connectivity index is 1.78. The maximum Gasteiger partial charge on any atom is 0.317 e. The number of nitrogens with zero attached hydrogens (tertiary/aromatic N) is 3. The van der Waals surface area contributed by atoms with Crippen LogP contribution in [0.5, 0.6) is 0 Å². The quantitative estimate of drug-likeness (QED) is 0.812. The van der Waals surface area contributed by atoms with Crippen LogP contribution in [-0.2, 0) is 6.54 Å². The van der Waals surface area contributed by atoms with Gasteiger partial charge < -0.3 is 15.1 Å². The molecule has 0 radical (unpaired) electrons. The summed E-state index contributed by atoms with van der Waals surface area (Å²) < 4.78 is 0. The van der Waals surface area contributed by atoms with E-state index < -0.39 is 0 Å². The van der Waals surface area contributed by atoms with E-state index in [4.69, 9.17) is 0 Å². The number of carbonyl (C=O) groups excluding carboxylic acids is 1. The van der Waals surface area contributed by atoms with Gasteiger partial charge in [0.1, 0.15) is 0 Å². The monoisotopic (exact) mass is 234 g/mol. The number of hydrogen-bond acceptors (Lipinski definition) is 3. The van der Waals surface area contributed by atoms with Crippen LogP contribution in [0.15, 0.2) is 24.5 Å². The van der Waals surface area contributed by atoms with Crippen molar-refractivity contribution in [3.8, 4) is 0 Å². The molecule has 0 bridgehead atoms. The summed E-state index contributed by atoms with van der Waals surface area (Å²) in [6.07, 6.45) is 3.50. The molecular formula is C12H18N4O. The molecule has 1 aliphatic heterocycles. The van der Waals surface area contributed by atoms with Crippen LogP contribution in [0.2, 0.25) is 0 Å². The summed E-state index contributed by atoms with van der Waals surface area (Å²) in [6.45, 7) is 4.03. The molecular weight excluding hydrogens is 216 g/mol. The number of rotatable bonds is 2. The van der Waals surface area contributed by atoms with Crippen molar-refractivity contribution in [1.29, 1.82) is 0 Å². The van der Waals surface area contributed by atoms with E-state index in [-0.39, 0.29) is 6.03 Å². The Kier molecular flexibility index (Phi) is 3.93. The van der Waals surface area contributed by atoms with Crippen molar-refractivity contribution in [1.82, 2.24) is 20.1 Å². The number of carbonyl (C=O) groups is 1. The molecule has 0 unspecified atom stereocenters. The summed E-state index contributed by atoms with van der Waals surface area (Å²) in [5, 5.41) is 2.91. The maximum atomic E-state index is 11.9. The Labute approximate surface area is 101 Å². The van der Waals surface area contributed by atoms with Gasteiger partial charge >= 0.3 is 6.03 Å². The zero-order chi connectivity index (χ0) is 12.1. The molecule has 17 heavy (non-hydrogen) atoms. The fraction of sp³-hybridized carbons (Fsp3) is 0.500. The van der Waals surface area contributed by atoms with Gasteiger partial charge in [-0.25, -0.2) is 4.79 Å². The van der Waals surface area contributed by atoms with Crippen molar-refractivity contribution in [3.05, 3.63) is 30.1 Å². The minimum Gasteiger partial charge on any atom is -0.334 e. The molecule has 2 heterocycles. The summed E-state index contributed by atoms with van der Waals surface area (Å²) in [6, 6.07) is 3.84. The van der Waals surface area contributed by atoms with Crippen molar-refractivity contribution < 1.29 is 4.79 Å². The normalized spacial score (nSPS) is 16.9. The first kappa shape index (κ1) is 11.9. The van der Waals surface area contributed by atoms with Gasteiger partial charge in [0.25, 0.3) is 0 Å². The standard InChI is InChI=1S/C12H18N4O/c1-15-5-7-16(8-6-15)12(17)14-10-11-3-2-4-13-9-11/h2-4,9H,5-8,10H2,1H3,(H,14,17). The molecule has 0 spiro atoms. The van der Waals surface area contributed by atoms with Gasteiger partial charge in [-0.1, -0.05) is 6.07 Å². The second-order valence-corrected chi connectivity index (χ2v) is 4.31. The number of nitrogens with one attached hydrogen (secondary N) is 1. The van der Waals surface area contributed by atoms with Gasteiger partial charge in [-0.15, -0.1) is 0 Å². The van der Waals surface area contributed by atoms with Crippen molar-refractivity contribution in [2.45, 2.75) is 6.54 Å². The molecule has 2 rings (SSSR count). The van der Waals surface area contributed by atoms with Gasteiger partial charge in [-0.3, -0.25) is 4.98 Å². The van der Waals surface area contributed by atoms with E-state index in [9.17, 15) is 4.79 Å². The highest BCUT2D eigenvalue weighted by molar-refractivity contribution is 5.74. The molecule has 1 saturated heterocycles. The van der Waals surface area contributed by atoms with Crippen LogP contribution in [0.4, 0.5) is 4.79 Å². The third-order valence-electron chi connectivity index (χ3n) is 2.96. The largest absolute Gasteiger partial charge is 0.334 e. The van der Waals surface area contributed by atoms with E-state index >= 15 is 0 Å². The third-order valence-corrected chi connectivity index (χ3v) is 2.96. The average Bonchev–Trinajstić information content (AvgIpc) is 2.38. The highest BCUT2D eigenvalue weighted by Crippen LogP contribution is 2.00. The van der Waals surface area contributed by atoms with Gasteiger partial charge in [0.05, 0.1) is 0 Å². The summed E-state index contributed by atoms with van der Waals surface area (Å²) in [5.41, 5.74) is 1.02. The first-order valence-corrected chi connectivity index (χ1v) is 5.86. The predicted molar refractivity (Wildman–Crippen MR) is 65.5 cm³/mol. The highest BCUT2D eigenvalue weighted by atomic mass is 16.2. The SMILES string of the molecule is CN1CCN(C(=O)NCc2cccnc2)CC1. The Bertz CT molecular complexity index is 360. The molecule has 2 amide bonds. The number of pyridine rings is 1. The molecule has 1 aromatic rings. The second-order valence-electron chi connectivity index (χ2n) is 4.31. The van der Waals surface area contributed by atoms with E-state index in [1.807, 2.05) is 17.0 Å². The number of amides is 2. The van der Waals surface area contributed by atoms with Crippen LogP contribution in [0.25, 0.3) is 0 Å². The van der Waals surface area contributed by atoms with Crippen molar-refractivity contribution in [2.75, 3.05) is 33.2 Å².